The van der Waals surface area contributed by atoms with Crippen molar-refractivity contribution in [1.82, 2.24) is 10.3 Å². The predicted molar refractivity (Wildman–Crippen MR) is 73.9 cm³/mol. The van der Waals surface area contributed by atoms with Gasteiger partial charge in [-0.05, 0) is 38.4 Å². The first kappa shape index (κ1) is 15.0. The van der Waals surface area contributed by atoms with Gasteiger partial charge in [0.2, 0.25) is 0 Å². The Hall–Kier alpha value is -1.07. The van der Waals surface area contributed by atoms with E-state index in [9.17, 15) is 9.90 Å². The molecule has 1 aromatic heterocycles. The second-order valence-corrected chi connectivity index (χ2v) is 5.51. The number of rotatable bonds is 8. The Bertz CT molecular complexity index is 373. The third kappa shape index (κ3) is 4.66. The molecule has 0 spiro atoms. The van der Waals surface area contributed by atoms with Crippen molar-refractivity contribution in [3.8, 4) is 0 Å². The summed E-state index contributed by atoms with van der Waals surface area (Å²) in [5, 5.41) is 12.4. The molecular formula is C13H20N2O2S. The Morgan fingerprint density at radius 1 is 1.50 bits per heavy atom. The van der Waals surface area contributed by atoms with Crippen LogP contribution in [0.3, 0.4) is 0 Å². The third-order valence-electron chi connectivity index (χ3n) is 2.76. The second kappa shape index (κ2) is 7.38. The van der Waals surface area contributed by atoms with Gasteiger partial charge in [0.1, 0.15) is 5.54 Å². The van der Waals surface area contributed by atoms with Gasteiger partial charge in [-0.1, -0.05) is 6.92 Å². The lowest BCUT2D eigenvalue weighted by molar-refractivity contribution is -0.144. The molecule has 0 fully saturated rings. The first-order chi connectivity index (χ1) is 8.58. The lowest BCUT2D eigenvalue weighted by atomic mass is 9.99. The lowest BCUT2D eigenvalue weighted by Crippen LogP contribution is -2.50. The number of hydrogen-bond donors (Lipinski definition) is 2. The van der Waals surface area contributed by atoms with Crippen LogP contribution < -0.4 is 5.32 Å². The maximum atomic E-state index is 11.3. The minimum atomic E-state index is -0.837. The molecule has 0 bridgehead atoms. The SMILES string of the molecule is CCCNC(C)(CCSc1ccncc1)C(=O)O. The lowest BCUT2D eigenvalue weighted by Gasteiger charge is -2.26. The van der Waals surface area contributed by atoms with Crippen LogP contribution in [0.15, 0.2) is 29.4 Å². The first-order valence-corrected chi connectivity index (χ1v) is 7.08. The van der Waals surface area contributed by atoms with Gasteiger partial charge in [-0.2, -0.15) is 0 Å². The number of nitrogens with one attached hydrogen (secondary N) is 1. The zero-order chi connectivity index (χ0) is 13.4. The molecule has 1 aromatic rings. The van der Waals surface area contributed by atoms with E-state index in [0.29, 0.717) is 6.42 Å². The van der Waals surface area contributed by atoms with Crippen molar-refractivity contribution in [3.63, 3.8) is 0 Å². The Morgan fingerprint density at radius 2 is 2.17 bits per heavy atom. The second-order valence-electron chi connectivity index (χ2n) is 4.35. The molecule has 1 unspecified atom stereocenters. The van der Waals surface area contributed by atoms with Crippen LogP contribution in [0.5, 0.6) is 0 Å². The molecule has 1 heterocycles. The van der Waals surface area contributed by atoms with E-state index < -0.39 is 11.5 Å². The van der Waals surface area contributed by atoms with Crippen molar-refractivity contribution in [1.29, 1.82) is 0 Å². The van der Waals surface area contributed by atoms with Crippen molar-refractivity contribution in [3.05, 3.63) is 24.5 Å². The highest BCUT2D eigenvalue weighted by molar-refractivity contribution is 7.99. The number of aromatic nitrogens is 1. The molecule has 5 heteroatoms. The van der Waals surface area contributed by atoms with E-state index in [-0.39, 0.29) is 0 Å². The molecule has 18 heavy (non-hydrogen) atoms. The van der Waals surface area contributed by atoms with Crippen LogP contribution in [0.25, 0.3) is 0 Å². The van der Waals surface area contributed by atoms with Crippen LogP contribution in [0.2, 0.25) is 0 Å². The number of carboxylic acid groups (broad SMARTS) is 1. The summed E-state index contributed by atoms with van der Waals surface area (Å²) in [5.74, 6) is -0.0185. The molecule has 0 aromatic carbocycles. The number of carbonyl (C=O) groups is 1. The van der Waals surface area contributed by atoms with Crippen molar-refractivity contribution in [2.75, 3.05) is 12.3 Å². The van der Waals surface area contributed by atoms with Crippen LogP contribution in [0, 0.1) is 0 Å². The van der Waals surface area contributed by atoms with E-state index in [4.69, 9.17) is 0 Å². The fourth-order valence-corrected chi connectivity index (χ4v) is 2.54. The molecule has 0 radical (unpaired) electrons. The summed E-state index contributed by atoms with van der Waals surface area (Å²) in [5.41, 5.74) is -0.837. The highest BCUT2D eigenvalue weighted by Gasteiger charge is 2.31. The molecule has 1 atom stereocenters. The van der Waals surface area contributed by atoms with Gasteiger partial charge in [0.25, 0.3) is 0 Å². The average Bonchev–Trinajstić information content (AvgIpc) is 2.37. The fraction of sp³-hybridized carbons (Fsp3) is 0.538. The van der Waals surface area contributed by atoms with Gasteiger partial charge in [0, 0.05) is 23.0 Å². The van der Waals surface area contributed by atoms with Gasteiger partial charge in [-0.15, -0.1) is 11.8 Å². The molecule has 0 saturated heterocycles. The first-order valence-electron chi connectivity index (χ1n) is 6.10. The van der Waals surface area contributed by atoms with E-state index >= 15 is 0 Å². The van der Waals surface area contributed by atoms with Gasteiger partial charge < -0.3 is 10.4 Å². The molecule has 0 amide bonds. The standard InChI is InChI=1S/C13H20N2O2S/c1-3-7-15-13(2,12(16)17)6-10-18-11-4-8-14-9-5-11/h4-5,8-9,15H,3,6-7,10H2,1-2H3,(H,16,17). The summed E-state index contributed by atoms with van der Waals surface area (Å²) in [6, 6.07) is 3.87. The Labute approximate surface area is 112 Å². The largest absolute Gasteiger partial charge is 0.480 e. The molecule has 100 valence electrons. The highest BCUT2D eigenvalue weighted by atomic mass is 32.2. The molecular weight excluding hydrogens is 248 g/mol. The Morgan fingerprint density at radius 3 is 2.72 bits per heavy atom. The number of nitrogens with zero attached hydrogens (tertiary/aromatic N) is 1. The minimum Gasteiger partial charge on any atom is -0.480 e. The van der Waals surface area contributed by atoms with Crippen molar-refractivity contribution < 1.29 is 9.90 Å². The quantitative estimate of drug-likeness (QED) is 0.709. The molecule has 2 N–H and O–H groups in total. The molecule has 0 saturated carbocycles. The maximum absolute atomic E-state index is 11.3. The number of aliphatic carboxylic acids is 1. The van der Waals surface area contributed by atoms with Gasteiger partial charge >= 0.3 is 5.97 Å². The van der Waals surface area contributed by atoms with Crippen LogP contribution in [0.4, 0.5) is 0 Å². The topological polar surface area (TPSA) is 62.2 Å². The fourth-order valence-electron chi connectivity index (χ4n) is 1.48. The minimum absolute atomic E-state index is 0.593. The number of carboxylic acids is 1. The Balaban J connectivity index is 2.45. The number of pyridine rings is 1. The summed E-state index contributed by atoms with van der Waals surface area (Å²) in [6.45, 7) is 4.50. The predicted octanol–water partition coefficient (Wildman–Crippen LogP) is 2.41. The molecule has 0 aliphatic heterocycles. The van der Waals surface area contributed by atoms with Crippen molar-refractivity contribution >= 4 is 17.7 Å². The van der Waals surface area contributed by atoms with Crippen molar-refractivity contribution in [2.45, 2.75) is 37.1 Å². The summed E-state index contributed by atoms with van der Waals surface area (Å²) in [7, 11) is 0. The van der Waals surface area contributed by atoms with Crippen LogP contribution in [0.1, 0.15) is 26.7 Å². The summed E-state index contributed by atoms with van der Waals surface area (Å²) < 4.78 is 0. The van der Waals surface area contributed by atoms with Gasteiger partial charge in [-0.25, -0.2) is 0 Å². The Kier molecular flexibility index (Phi) is 6.15. The van der Waals surface area contributed by atoms with Crippen molar-refractivity contribution in [2.24, 2.45) is 0 Å². The maximum Gasteiger partial charge on any atom is 0.323 e. The van der Waals surface area contributed by atoms with Crippen LogP contribution in [-0.2, 0) is 4.79 Å². The molecule has 0 aliphatic rings. The average molecular weight is 268 g/mol. The monoisotopic (exact) mass is 268 g/mol. The van der Waals surface area contributed by atoms with E-state index in [0.717, 1.165) is 23.6 Å². The molecule has 4 nitrogen and oxygen atoms in total. The third-order valence-corrected chi connectivity index (χ3v) is 3.77. The molecule has 0 aliphatic carbocycles. The van der Waals surface area contributed by atoms with Crippen LogP contribution >= 0.6 is 11.8 Å². The normalized spacial score (nSPS) is 14.1. The zero-order valence-electron chi connectivity index (χ0n) is 10.8. The molecule has 1 rings (SSSR count). The van der Waals surface area contributed by atoms with Crippen LogP contribution in [-0.4, -0.2) is 33.9 Å². The van der Waals surface area contributed by atoms with E-state index in [2.05, 4.69) is 10.3 Å². The zero-order valence-corrected chi connectivity index (χ0v) is 11.7. The number of thioether (sulfide) groups is 1. The van der Waals surface area contributed by atoms with Gasteiger partial charge in [0.15, 0.2) is 0 Å². The number of hydrogen-bond acceptors (Lipinski definition) is 4. The van der Waals surface area contributed by atoms with E-state index in [1.165, 1.54) is 0 Å². The summed E-state index contributed by atoms with van der Waals surface area (Å²) in [4.78, 5) is 16.4. The summed E-state index contributed by atoms with van der Waals surface area (Å²) in [6.07, 6.45) is 5.01. The van der Waals surface area contributed by atoms with Gasteiger partial charge in [-0.3, -0.25) is 9.78 Å². The summed E-state index contributed by atoms with van der Waals surface area (Å²) >= 11 is 1.65. The van der Waals surface area contributed by atoms with E-state index in [1.807, 2.05) is 19.1 Å². The van der Waals surface area contributed by atoms with E-state index in [1.54, 1.807) is 31.1 Å². The highest BCUT2D eigenvalue weighted by Crippen LogP contribution is 2.21. The smallest absolute Gasteiger partial charge is 0.323 e. The van der Waals surface area contributed by atoms with Gasteiger partial charge in [0.05, 0.1) is 0 Å².